The Kier molecular flexibility index (Phi) is 36.0. The van der Waals surface area contributed by atoms with Crippen LogP contribution in [0, 0.1) is 0 Å². The second-order valence-electron chi connectivity index (χ2n) is 14.1. The molecule has 0 radical (unpaired) electrons. The van der Waals surface area contributed by atoms with Crippen LogP contribution in [0.2, 0.25) is 0 Å². The Morgan fingerprint density at radius 1 is 0.574 bits per heavy atom. The van der Waals surface area contributed by atoms with Gasteiger partial charge < -0.3 is 25.2 Å². The molecule has 0 heterocycles. The number of rotatable bonds is 39. The van der Waals surface area contributed by atoms with Gasteiger partial charge in [-0.05, 0) is 64.2 Å². The normalized spacial score (nSPS) is 14.1. The number of carbonyl (C=O) groups excluding carboxylic acids is 2. The zero-order valence-corrected chi connectivity index (χ0v) is 34.7. The molecule has 0 bridgehead atoms. The molecule has 12 heteroatoms. The average Bonchev–Trinajstić information content (AvgIpc) is 3.14. The van der Waals surface area contributed by atoms with Crippen LogP contribution in [0.5, 0.6) is 0 Å². The Hall–Kier alpha value is -2.30. The highest BCUT2D eigenvalue weighted by Crippen LogP contribution is 2.43. The Balaban J connectivity index is 4.44. The van der Waals surface area contributed by atoms with E-state index in [0.717, 1.165) is 64.2 Å². The van der Waals surface area contributed by atoms with Crippen LogP contribution >= 0.6 is 7.82 Å². The number of phosphoric acid groups is 1. The number of hydrogen-bond acceptors (Lipinski definition) is 9. The van der Waals surface area contributed by atoms with E-state index in [9.17, 15) is 23.8 Å². The van der Waals surface area contributed by atoms with Crippen molar-refractivity contribution in [2.75, 3.05) is 19.8 Å². The molecule has 0 aliphatic rings. The molecule has 54 heavy (non-hydrogen) atoms. The zero-order chi connectivity index (χ0) is 40.0. The topological polar surface area (TPSA) is 172 Å². The first-order valence-corrected chi connectivity index (χ1v) is 22.5. The smallest absolute Gasteiger partial charge is 0.472 e. The molecule has 0 saturated carbocycles. The third-order valence-electron chi connectivity index (χ3n) is 8.89. The van der Waals surface area contributed by atoms with Crippen molar-refractivity contribution in [3.63, 3.8) is 0 Å². The number of allylic oxidation sites excluding steroid dienone is 6. The monoisotopic (exact) mass is 786 g/mol. The van der Waals surface area contributed by atoms with Gasteiger partial charge in [0.2, 0.25) is 0 Å². The van der Waals surface area contributed by atoms with Crippen molar-refractivity contribution < 1.29 is 47.5 Å². The fraction of sp³-hybridized carbons (Fsp3) is 0.786. The van der Waals surface area contributed by atoms with Crippen LogP contribution in [0.3, 0.4) is 0 Å². The third kappa shape index (κ3) is 36.7. The number of nitrogens with two attached hydrogens (primary N) is 1. The fourth-order valence-corrected chi connectivity index (χ4v) is 6.30. The Morgan fingerprint density at radius 3 is 1.50 bits per heavy atom. The summed E-state index contributed by atoms with van der Waals surface area (Å²) in [4.78, 5) is 45.9. The maximum Gasteiger partial charge on any atom is 0.472 e. The molecule has 0 spiro atoms. The minimum atomic E-state index is -4.72. The summed E-state index contributed by atoms with van der Waals surface area (Å²) in [5, 5.41) is 8.88. The summed E-state index contributed by atoms with van der Waals surface area (Å²) in [6, 6.07) is -1.52. The standard InChI is InChI=1S/C42H76NO10P/c1-3-5-7-9-11-13-15-17-19-21-23-25-27-29-31-33-40(44)50-35-38(36-51-54(48,49)52-37-39(43)42(46)47)53-41(45)34-32-30-28-26-24-22-20-18-16-14-12-10-8-6-4-2/h13,15,17,19,22,24,38-39H,3-12,14,16,18,20-21,23,25-37,43H2,1-2H3,(H,46,47)(H,48,49)/b15-13+,19-17+,24-22+/t38-,39+/m1/s1. The molecule has 0 aromatic heterocycles. The number of carbonyl (C=O) groups is 3. The number of ether oxygens (including phenoxy) is 2. The van der Waals surface area contributed by atoms with E-state index in [1.54, 1.807) is 0 Å². The van der Waals surface area contributed by atoms with Gasteiger partial charge in [0, 0.05) is 12.8 Å². The second kappa shape index (κ2) is 37.6. The Bertz CT molecular complexity index is 1060. The maximum atomic E-state index is 12.6. The van der Waals surface area contributed by atoms with Gasteiger partial charge in [0.25, 0.3) is 0 Å². The van der Waals surface area contributed by atoms with Gasteiger partial charge in [-0.15, -0.1) is 0 Å². The van der Waals surface area contributed by atoms with E-state index < -0.39 is 51.1 Å². The minimum absolute atomic E-state index is 0.138. The van der Waals surface area contributed by atoms with Crippen molar-refractivity contribution in [1.82, 2.24) is 0 Å². The van der Waals surface area contributed by atoms with E-state index in [-0.39, 0.29) is 19.4 Å². The third-order valence-corrected chi connectivity index (χ3v) is 9.84. The van der Waals surface area contributed by atoms with Crippen molar-refractivity contribution in [1.29, 1.82) is 0 Å². The summed E-state index contributed by atoms with van der Waals surface area (Å²) in [5.74, 6) is -2.42. The average molecular weight is 786 g/mol. The first-order chi connectivity index (χ1) is 26.1. The summed E-state index contributed by atoms with van der Waals surface area (Å²) < 4.78 is 32.6. The highest BCUT2D eigenvalue weighted by atomic mass is 31.2. The van der Waals surface area contributed by atoms with Crippen molar-refractivity contribution in [3.05, 3.63) is 36.5 Å². The molecular formula is C42H76NO10P. The van der Waals surface area contributed by atoms with Gasteiger partial charge in [0.1, 0.15) is 12.6 Å². The number of phosphoric ester groups is 1. The van der Waals surface area contributed by atoms with E-state index in [0.29, 0.717) is 12.8 Å². The van der Waals surface area contributed by atoms with E-state index in [2.05, 4.69) is 54.8 Å². The zero-order valence-electron chi connectivity index (χ0n) is 33.8. The minimum Gasteiger partial charge on any atom is -0.480 e. The van der Waals surface area contributed by atoms with Gasteiger partial charge >= 0.3 is 25.7 Å². The summed E-state index contributed by atoms with van der Waals surface area (Å²) in [6.07, 6.45) is 39.2. The lowest BCUT2D eigenvalue weighted by atomic mass is 10.1. The van der Waals surface area contributed by atoms with E-state index >= 15 is 0 Å². The highest BCUT2D eigenvalue weighted by molar-refractivity contribution is 7.47. The van der Waals surface area contributed by atoms with Gasteiger partial charge in [-0.1, -0.05) is 140 Å². The van der Waals surface area contributed by atoms with Crippen LogP contribution in [0.25, 0.3) is 0 Å². The van der Waals surface area contributed by atoms with Gasteiger partial charge in [0.15, 0.2) is 6.10 Å². The first kappa shape index (κ1) is 51.7. The lowest BCUT2D eigenvalue weighted by molar-refractivity contribution is -0.161. The molecule has 0 aromatic carbocycles. The van der Waals surface area contributed by atoms with Crippen molar-refractivity contribution in [3.8, 4) is 0 Å². The predicted molar refractivity (Wildman–Crippen MR) is 217 cm³/mol. The lowest BCUT2D eigenvalue weighted by Crippen LogP contribution is -2.34. The van der Waals surface area contributed by atoms with Crippen LogP contribution < -0.4 is 5.73 Å². The fourth-order valence-electron chi connectivity index (χ4n) is 5.52. The molecule has 1 unspecified atom stereocenters. The maximum absolute atomic E-state index is 12.6. The van der Waals surface area contributed by atoms with Gasteiger partial charge in [-0.25, -0.2) is 4.57 Å². The molecule has 11 nitrogen and oxygen atoms in total. The van der Waals surface area contributed by atoms with Crippen LogP contribution in [-0.4, -0.2) is 59.9 Å². The van der Waals surface area contributed by atoms with E-state index in [1.165, 1.54) is 77.0 Å². The molecule has 0 rings (SSSR count). The van der Waals surface area contributed by atoms with Gasteiger partial charge in [0.05, 0.1) is 13.2 Å². The molecule has 3 atom stereocenters. The number of unbranched alkanes of at least 4 members (excludes halogenated alkanes) is 20. The molecule has 0 fully saturated rings. The number of aliphatic carboxylic acids is 1. The molecule has 4 N–H and O–H groups in total. The summed E-state index contributed by atoms with van der Waals surface area (Å²) in [6.45, 7) is 2.74. The number of esters is 2. The Morgan fingerprint density at radius 2 is 0.981 bits per heavy atom. The quantitative estimate of drug-likeness (QED) is 0.0178. The molecular weight excluding hydrogens is 709 g/mol. The molecule has 314 valence electrons. The van der Waals surface area contributed by atoms with Crippen LogP contribution in [0.15, 0.2) is 36.5 Å². The van der Waals surface area contributed by atoms with E-state index in [4.69, 9.17) is 24.8 Å². The summed E-state index contributed by atoms with van der Waals surface area (Å²) >= 11 is 0. The largest absolute Gasteiger partial charge is 0.480 e. The first-order valence-electron chi connectivity index (χ1n) is 21.0. The van der Waals surface area contributed by atoms with Crippen LogP contribution in [0.4, 0.5) is 0 Å². The predicted octanol–water partition coefficient (Wildman–Crippen LogP) is 10.8. The van der Waals surface area contributed by atoms with Crippen molar-refractivity contribution in [2.24, 2.45) is 5.73 Å². The summed E-state index contributed by atoms with van der Waals surface area (Å²) in [5.41, 5.74) is 5.32. The number of carboxylic acids is 1. The van der Waals surface area contributed by atoms with Crippen LogP contribution in [-0.2, 0) is 37.5 Å². The second-order valence-corrected chi connectivity index (χ2v) is 15.6. The molecule has 0 saturated heterocycles. The molecule has 0 aromatic rings. The number of hydrogen-bond donors (Lipinski definition) is 3. The Labute approximate surface area is 327 Å². The molecule has 0 aliphatic carbocycles. The lowest BCUT2D eigenvalue weighted by Gasteiger charge is -2.20. The van der Waals surface area contributed by atoms with Crippen LogP contribution in [0.1, 0.15) is 181 Å². The van der Waals surface area contributed by atoms with Crippen molar-refractivity contribution >= 4 is 25.7 Å². The molecule has 0 amide bonds. The summed E-state index contributed by atoms with van der Waals surface area (Å²) in [7, 11) is -4.72. The SMILES string of the molecule is CCCCCC/C=C/C=C/CCCCCCCC(=O)OC[C@H](COP(=O)(O)OC[C@H](N)C(=O)O)OC(=O)CCCCC/C=C/CCCCCCCCCC. The van der Waals surface area contributed by atoms with Gasteiger partial charge in [-0.3, -0.25) is 23.4 Å². The number of carboxylic acid groups (broad SMARTS) is 1. The van der Waals surface area contributed by atoms with Crippen molar-refractivity contribution in [2.45, 2.75) is 193 Å². The highest BCUT2D eigenvalue weighted by Gasteiger charge is 2.28. The molecule has 0 aliphatic heterocycles. The van der Waals surface area contributed by atoms with Gasteiger partial charge in [-0.2, -0.15) is 0 Å². The van der Waals surface area contributed by atoms with E-state index in [1.807, 2.05) is 0 Å².